The summed E-state index contributed by atoms with van der Waals surface area (Å²) in [6.07, 6.45) is 1.95. The summed E-state index contributed by atoms with van der Waals surface area (Å²) in [7, 11) is 0. The van der Waals surface area contributed by atoms with Crippen molar-refractivity contribution in [2.75, 3.05) is 5.01 Å². The molecule has 0 aromatic heterocycles. The standard InChI is InChI=1S/C33H27N3O3/c1-23-12-11-17-26(20-23)29-21-28(24-13-5-2-6-14-24)30(36(38)39)22-33(29)31(25-15-7-3-8-16-25)34-35(32(33)37)27-18-9-4-10-19-27/h2-21,28,30H,22H2,1H3/t28-,30+,33-/m1/s1. The fourth-order valence-electron chi connectivity index (χ4n) is 5.92. The number of nitrogens with zero attached hydrogens (tertiary/aromatic N) is 3. The van der Waals surface area contributed by atoms with Gasteiger partial charge in [-0.25, -0.2) is 0 Å². The Morgan fingerprint density at radius 2 is 1.46 bits per heavy atom. The first-order valence-corrected chi connectivity index (χ1v) is 13.0. The molecule has 6 nitrogen and oxygen atoms in total. The van der Waals surface area contributed by atoms with E-state index in [1.54, 1.807) is 0 Å². The second-order valence-electron chi connectivity index (χ2n) is 10.1. The summed E-state index contributed by atoms with van der Waals surface area (Å²) in [5.41, 5.74) is 4.09. The van der Waals surface area contributed by atoms with Crippen molar-refractivity contribution in [2.45, 2.75) is 25.3 Å². The molecule has 0 saturated carbocycles. The lowest BCUT2D eigenvalue weighted by molar-refractivity contribution is -0.527. The molecule has 1 aliphatic carbocycles. The zero-order valence-corrected chi connectivity index (χ0v) is 21.5. The highest BCUT2D eigenvalue weighted by Gasteiger charge is 2.60. The molecule has 0 fully saturated rings. The minimum Gasteiger partial charge on any atom is -0.271 e. The molecule has 1 spiro atoms. The van der Waals surface area contributed by atoms with Crippen molar-refractivity contribution >= 4 is 22.9 Å². The summed E-state index contributed by atoms with van der Waals surface area (Å²) >= 11 is 0. The van der Waals surface area contributed by atoms with E-state index in [0.717, 1.165) is 27.8 Å². The Morgan fingerprint density at radius 1 is 0.846 bits per heavy atom. The van der Waals surface area contributed by atoms with Gasteiger partial charge in [-0.05, 0) is 41.3 Å². The van der Waals surface area contributed by atoms with Crippen LogP contribution in [0.5, 0.6) is 0 Å². The maximum atomic E-state index is 14.7. The van der Waals surface area contributed by atoms with Crippen LogP contribution < -0.4 is 5.01 Å². The Labute approximate surface area is 227 Å². The molecule has 6 heteroatoms. The third-order valence-electron chi connectivity index (χ3n) is 7.73. The van der Waals surface area contributed by atoms with Crippen molar-refractivity contribution in [1.82, 2.24) is 0 Å². The van der Waals surface area contributed by atoms with E-state index in [-0.39, 0.29) is 17.3 Å². The molecule has 0 radical (unpaired) electrons. The number of carbonyl (C=O) groups excluding carboxylic acids is 1. The maximum absolute atomic E-state index is 14.7. The highest BCUT2D eigenvalue weighted by Crippen LogP contribution is 2.54. The molecule has 1 amide bonds. The van der Waals surface area contributed by atoms with Crippen LogP contribution in [0.3, 0.4) is 0 Å². The lowest BCUT2D eigenvalue weighted by Gasteiger charge is -2.39. The lowest BCUT2D eigenvalue weighted by Crippen LogP contribution is -2.49. The molecule has 1 heterocycles. The lowest BCUT2D eigenvalue weighted by atomic mass is 9.61. The molecule has 0 bridgehead atoms. The van der Waals surface area contributed by atoms with Crippen molar-refractivity contribution in [2.24, 2.45) is 10.5 Å². The minimum absolute atomic E-state index is 0.00473. The first kappa shape index (κ1) is 24.5. The van der Waals surface area contributed by atoms with E-state index in [4.69, 9.17) is 5.10 Å². The summed E-state index contributed by atoms with van der Waals surface area (Å²) in [5, 5.41) is 19.0. The molecule has 4 aromatic carbocycles. The summed E-state index contributed by atoms with van der Waals surface area (Å²) in [4.78, 5) is 27.2. The van der Waals surface area contributed by atoms with Gasteiger partial charge in [0.25, 0.3) is 5.91 Å². The van der Waals surface area contributed by atoms with Crippen molar-refractivity contribution in [3.63, 3.8) is 0 Å². The second-order valence-corrected chi connectivity index (χ2v) is 10.1. The number of amides is 1. The van der Waals surface area contributed by atoms with Gasteiger partial charge >= 0.3 is 0 Å². The molecule has 2 aliphatic rings. The maximum Gasteiger partial charge on any atom is 0.264 e. The van der Waals surface area contributed by atoms with Gasteiger partial charge in [0.1, 0.15) is 5.41 Å². The molecular weight excluding hydrogens is 486 g/mol. The first-order chi connectivity index (χ1) is 19.0. The number of nitro groups is 1. The predicted molar refractivity (Wildman–Crippen MR) is 153 cm³/mol. The number of hydrogen-bond donors (Lipinski definition) is 0. The second kappa shape index (κ2) is 9.80. The molecule has 192 valence electrons. The van der Waals surface area contributed by atoms with Crippen LogP contribution in [0, 0.1) is 22.5 Å². The van der Waals surface area contributed by atoms with Gasteiger partial charge in [0.15, 0.2) is 0 Å². The zero-order chi connectivity index (χ0) is 27.0. The molecular formula is C33H27N3O3. The average Bonchev–Trinajstić information content (AvgIpc) is 3.26. The van der Waals surface area contributed by atoms with Crippen molar-refractivity contribution < 1.29 is 9.72 Å². The van der Waals surface area contributed by atoms with Gasteiger partial charge in [-0.1, -0.05) is 115 Å². The number of para-hydroxylation sites is 1. The average molecular weight is 514 g/mol. The first-order valence-electron chi connectivity index (χ1n) is 13.0. The monoisotopic (exact) mass is 513 g/mol. The van der Waals surface area contributed by atoms with E-state index in [1.807, 2.05) is 128 Å². The molecule has 1 aliphatic heterocycles. The minimum atomic E-state index is -1.34. The van der Waals surface area contributed by atoms with Gasteiger partial charge in [-0.2, -0.15) is 10.1 Å². The Hall–Kier alpha value is -4.84. The third kappa shape index (κ3) is 4.14. The van der Waals surface area contributed by atoms with Gasteiger partial charge in [0, 0.05) is 11.3 Å². The third-order valence-corrected chi connectivity index (χ3v) is 7.73. The highest BCUT2D eigenvalue weighted by molar-refractivity contribution is 6.31. The van der Waals surface area contributed by atoms with Gasteiger partial charge < -0.3 is 0 Å². The van der Waals surface area contributed by atoms with E-state index >= 15 is 0 Å². The van der Waals surface area contributed by atoms with E-state index in [0.29, 0.717) is 11.4 Å². The number of aryl methyl sites for hydroxylation is 1. The molecule has 0 N–H and O–H groups in total. The van der Waals surface area contributed by atoms with Gasteiger partial charge in [-0.3, -0.25) is 14.9 Å². The highest BCUT2D eigenvalue weighted by atomic mass is 16.6. The van der Waals surface area contributed by atoms with Crippen LogP contribution in [0.4, 0.5) is 5.69 Å². The summed E-state index contributed by atoms with van der Waals surface area (Å²) < 4.78 is 0. The molecule has 39 heavy (non-hydrogen) atoms. The van der Waals surface area contributed by atoms with E-state index < -0.39 is 17.4 Å². The topological polar surface area (TPSA) is 75.8 Å². The molecule has 0 unspecified atom stereocenters. The number of carbonyl (C=O) groups is 1. The number of rotatable bonds is 5. The zero-order valence-electron chi connectivity index (χ0n) is 21.5. The summed E-state index contributed by atoms with van der Waals surface area (Å²) in [6, 6.07) is 35.3. The van der Waals surface area contributed by atoms with Crippen LogP contribution in [-0.4, -0.2) is 22.6 Å². The number of hydrogen-bond acceptors (Lipinski definition) is 4. The van der Waals surface area contributed by atoms with E-state index in [1.165, 1.54) is 5.01 Å². The van der Waals surface area contributed by atoms with Crippen LogP contribution in [0.15, 0.2) is 126 Å². The fourth-order valence-corrected chi connectivity index (χ4v) is 5.92. The van der Waals surface area contributed by atoms with Gasteiger partial charge in [0.05, 0.1) is 17.3 Å². The number of anilines is 1. The molecule has 4 aromatic rings. The largest absolute Gasteiger partial charge is 0.271 e. The van der Waals surface area contributed by atoms with Crippen LogP contribution >= 0.6 is 0 Å². The quantitative estimate of drug-likeness (QED) is 0.221. The van der Waals surface area contributed by atoms with Crippen LogP contribution in [-0.2, 0) is 4.79 Å². The van der Waals surface area contributed by atoms with E-state index in [9.17, 15) is 14.9 Å². The predicted octanol–water partition coefficient (Wildman–Crippen LogP) is 6.65. The summed E-state index contributed by atoms with van der Waals surface area (Å²) in [5.74, 6) is -0.781. The van der Waals surface area contributed by atoms with Crippen LogP contribution in [0.25, 0.3) is 5.57 Å². The molecule has 0 saturated heterocycles. The SMILES string of the molecule is Cc1cccc(C2=C[C@H](c3ccccc3)[C@@H]([N+](=O)[O-])C[C@@]23C(=O)N(c2ccccc2)N=C3c2ccccc2)c1. The van der Waals surface area contributed by atoms with Crippen molar-refractivity contribution in [1.29, 1.82) is 0 Å². The van der Waals surface area contributed by atoms with Crippen molar-refractivity contribution in [3.8, 4) is 0 Å². The van der Waals surface area contributed by atoms with Crippen LogP contribution in [0.1, 0.15) is 34.6 Å². The van der Waals surface area contributed by atoms with Crippen molar-refractivity contribution in [3.05, 3.63) is 154 Å². The number of hydrazone groups is 1. The Morgan fingerprint density at radius 3 is 2.10 bits per heavy atom. The number of benzene rings is 4. The molecule has 3 atom stereocenters. The molecule has 6 rings (SSSR count). The Bertz CT molecular complexity index is 1600. The summed E-state index contributed by atoms with van der Waals surface area (Å²) in [6.45, 7) is 2.01. The fraction of sp³-hybridized carbons (Fsp3) is 0.152. The Kier molecular flexibility index (Phi) is 6.15. The smallest absolute Gasteiger partial charge is 0.264 e. The van der Waals surface area contributed by atoms with Gasteiger partial charge in [-0.15, -0.1) is 0 Å². The van der Waals surface area contributed by atoms with E-state index in [2.05, 4.69) is 0 Å². The Balaban J connectivity index is 1.65. The van der Waals surface area contributed by atoms with Gasteiger partial charge in [0.2, 0.25) is 6.04 Å². The normalized spacial score (nSPS) is 22.5. The van der Waals surface area contributed by atoms with Crippen LogP contribution in [0.2, 0.25) is 0 Å².